The highest BCUT2D eigenvalue weighted by Crippen LogP contribution is 2.31. The molecule has 0 bridgehead atoms. The van der Waals surface area contributed by atoms with Crippen molar-refractivity contribution < 1.29 is 9.84 Å². The van der Waals surface area contributed by atoms with Gasteiger partial charge in [0, 0.05) is 0 Å². The van der Waals surface area contributed by atoms with Crippen LogP contribution in [0.5, 0.6) is 11.5 Å². The Morgan fingerprint density at radius 1 is 1.50 bits per heavy atom. The predicted molar refractivity (Wildman–Crippen MR) is 42.1 cm³/mol. The van der Waals surface area contributed by atoms with E-state index in [4.69, 9.17) is 4.74 Å². The smallest absolute Gasteiger partial charge is 0.188 e. The van der Waals surface area contributed by atoms with Crippen molar-refractivity contribution in [1.82, 2.24) is 15.4 Å². The molecule has 0 aliphatic carbocycles. The van der Waals surface area contributed by atoms with Crippen LogP contribution in [0, 0.1) is 0 Å². The molecule has 0 saturated heterocycles. The van der Waals surface area contributed by atoms with Gasteiger partial charge in [0.25, 0.3) is 0 Å². The van der Waals surface area contributed by atoms with Gasteiger partial charge in [-0.3, -0.25) is 5.10 Å². The fraction of sp³-hybridized carbons (Fsp3) is 0.143. The van der Waals surface area contributed by atoms with E-state index in [1.165, 1.54) is 7.11 Å². The van der Waals surface area contributed by atoms with Gasteiger partial charge in [-0.15, -0.1) is 5.10 Å². The number of benzene rings is 1. The molecule has 2 N–H and O–H groups in total. The number of aromatic nitrogens is 3. The van der Waals surface area contributed by atoms with Gasteiger partial charge in [0.2, 0.25) is 0 Å². The van der Waals surface area contributed by atoms with Gasteiger partial charge in [-0.1, -0.05) is 5.21 Å². The number of phenols is 1. The number of methoxy groups -OCH3 is 1. The van der Waals surface area contributed by atoms with E-state index in [1.54, 1.807) is 12.1 Å². The zero-order valence-electron chi connectivity index (χ0n) is 6.40. The summed E-state index contributed by atoms with van der Waals surface area (Å²) in [6.45, 7) is 0. The fourth-order valence-electron chi connectivity index (χ4n) is 1.05. The maximum Gasteiger partial charge on any atom is 0.188 e. The van der Waals surface area contributed by atoms with E-state index in [0.717, 1.165) is 0 Å². The Labute approximate surface area is 68.0 Å². The van der Waals surface area contributed by atoms with Crippen LogP contribution in [-0.4, -0.2) is 27.6 Å². The van der Waals surface area contributed by atoms with Crippen molar-refractivity contribution in [2.45, 2.75) is 0 Å². The van der Waals surface area contributed by atoms with E-state index in [2.05, 4.69) is 15.4 Å². The number of H-pyrrole nitrogens is 1. The van der Waals surface area contributed by atoms with Crippen LogP contribution in [0.1, 0.15) is 0 Å². The number of fused-ring (bicyclic) bond motifs is 1. The zero-order valence-corrected chi connectivity index (χ0v) is 6.40. The third-order valence-electron chi connectivity index (χ3n) is 1.65. The lowest BCUT2D eigenvalue weighted by atomic mass is 10.3. The Morgan fingerprint density at radius 2 is 2.33 bits per heavy atom. The molecule has 5 nitrogen and oxygen atoms in total. The third-order valence-corrected chi connectivity index (χ3v) is 1.65. The van der Waals surface area contributed by atoms with Gasteiger partial charge in [0.15, 0.2) is 17.0 Å². The highest BCUT2D eigenvalue weighted by Gasteiger charge is 2.08. The molecule has 0 amide bonds. The topological polar surface area (TPSA) is 71.0 Å². The molecule has 0 radical (unpaired) electrons. The first kappa shape index (κ1) is 6.90. The zero-order chi connectivity index (χ0) is 8.55. The lowest BCUT2D eigenvalue weighted by Gasteiger charge is -2.00. The van der Waals surface area contributed by atoms with E-state index in [-0.39, 0.29) is 5.75 Å². The van der Waals surface area contributed by atoms with Gasteiger partial charge in [-0.2, -0.15) is 0 Å². The molecule has 2 aromatic rings. The number of aromatic amines is 1. The molecular weight excluding hydrogens is 158 g/mol. The monoisotopic (exact) mass is 165 g/mol. The highest BCUT2D eigenvalue weighted by atomic mass is 16.5. The number of phenolic OH excluding ortho intramolecular Hbond substituents is 1. The molecule has 1 aromatic heterocycles. The molecule has 0 spiro atoms. The van der Waals surface area contributed by atoms with Gasteiger partial charge in [0.1, 0.15) is 0 Å². The molecule has 2 rings (SSSR count). The van der Waals surface area contributed by atoms with Crippen LogP contribution >= 0.6 is 0 Å². The minimum Gasteiger partial charge on any atom is -0.503 e. The Balaban J connectivity index is 2.78. The van der Waals surface area contributed by atoms with Crippen molar-refractivity contribution in [2.24, 2.45) is 0 Å². The van der Waals surface area contributed by atoms with E-state index in [1.807, 2.05) is 0 Å². The number of nitrogens with one attached hydrogen (secondary N) is 1. The number of aromatic hydroxyl groups is 1. The summed E-state index contributed by atoms with van der Waals surface area (Å²) >= 11 is 0. The minimum atomic E-state index is 0.0174. The van der Waals surface area contributed by atoms with Gasteiger partial charge >= 0.3 is 0 Å². The Kier molecular flexibility index (Phi) is 1.36. The molecule has 1 heterocycles. The number of hydrogen-bond acceptors (Lipinski definition) is 4. The molecule has 1 aromatic carbocycles. The molecule has 0 unspecified atom stereocenters. The first-order valence-corrected chi connectivity index (χ1v) is 3.39. The summed E-state index contributed by atoms with van der Waals surface area (Å²) in [7, 11) is 1.49. The molecule has 0 aliphatic rings. The van der Waals surface area contributed by atoms with E-state index in [9.17, 15) is 5.11 Å². The largest absolute Gasteiger partial charge is 0.503 e. The summed E-state index contributed by atoms with van der Waals surface area (Å²) < 4.78 is 4.89. The van der Waals surface area contributed by atoms with Crippen molar-refractivity contribution in [1.29, 1.82) is 0 Å². The molecule has 0 atom stereocenters. The van der Waals surface area contributed by atoms with E-state index in [0.29, 0.717) is 16.8 Å². The van der Waals surface area contributed by atoms with Gasteiger partial charge in [-0.25, -0.2) is 0 Å². The Morgan fingerprint density at radius 3 is 3.08 bits per heavy atom. The molecule has 62 valence electrons. The average Bonchev–Trinajstić information content (AvgIpc) is 2.53. The SMILES string of the molecule is COc1ccc2[nH]nnc2c1O. The van der Waals surface area contributed by atoms with Crippen LogP contribution in [-0.2, 0) is 0 Å². The van der Waals surface area contributed by atoms with E-state index >= 15 is 0 Å². The maximum absolute atomic E-state index is 9.49. The normalized spacial score (nSPS) is 10.4. The van der Waals surface area contributed by atoms with Crippen molar-refractivity contribution in [3.63, 3.8) is 0 Å². The maximum atomic E-state index is 9.49. The number of nitrogens with zero attached hydrogens (tertiary/aromatic N) is 2. The summed E-state index contributed by atoms with van der Waals surface area (Å²) in [6, 6.07) is 3.39. The van der Waals surface area contributed by atoms with Crippen LogP contribution in [0.2, 0.25) is 0 Å². The molecule has 0 saturated carbocycles. The first-order chi connectivity index (χ1) is 5.83. The number of rotatable bonds is 1. The summed E-state index contributed by atoms with van der Waals surface area (Å²) in [5.74, 6) is 0.417. The summed E-state index contributed by atoms with van der Waals surface area (Å²) in [4.78, 5) is 0. The number of ether oxygens (including phenoxy) is 1. The lowest BCUT2D eigenvalue weighted by molar-refractivity contribution is 0.376. The van der Waals surface area contributed by atoms with Crippen LogP contribution < -0.4 is 4.74 Å². The van der Waals surface area contributed by atoms with Crippen LogP contribution in [0.3, 0.4) is 0 Å². The van der Waals surface area contributed by atoms with E-state index < -0.39 is 0 Å². The van der Waals surface area contributed by atoms with Crippen molar-refractivity contribution in [3.05, 3.63) is 12.1 Å². The molecular formula is C7H7N3O2. The quantitative estimate of drug-likeness (QED) is 0.651. The summed E-state index contributed by atoms with van der Waals surface area (Å²) in [5.41, 5.74) is 1.11. The third kappa shape index (κ3) is 0.795. The molecule has 0 fully saturated rings. The fourth-order valence-corrected chi connectivity index (χ4v) is 1.05. The van der Waals surface area contributed by atoms with Crippen molar-refractivity contribution in [2.75, 3.05) is 7.11 Å². The summed E-state index contributed by atoms with van der Waals surface area (Å²) in [5, 5.41) is 19.4. The highest BCUT2D eigenvalue weighted by molar-refractivity contribution is 5.83. The van der Waals surface area contributed by atoms with Crippen LogP contribution in [0.15, 0.2) is 12.1 Å². The predicted octanol–water partition coefficient (Wildman–Crippen LogP) is 0.672. The summed E-state index contributed by atoms with van der Waals surface area (Å²) in [6.07, 6.45) is 0. The van der Waals surface area contributed by atoms with Crippen LogP contribution in [0.25, 0.3) is 11.0 Å². The second-order valence-corrected chi connectivity index (χ2v) is 2.32. The first-order valence-electron chi connectivity index (χ1n) is 3.39. The van der Waals surface area contributed by atoms with Gasteiger partial charge in [-0.05, 0) is 12.1 Å². The molecule has 12 heavy (non-hydrogen) atoms. The lowest BCUT2D eigenvalue weighted by Crippen LogP contribution is -1.83. The molecule has 0 aliphatic heterocycles. The second kappa shape index (κ2) is 2.37. The Hall–Kier alpha value is -1.78. The minimum absolute atomic E-state index is 0.0174. The number of hydrogen-bond donors (Lipinski definition) is 2. The Bertz CT molecular complexity index is 410. The van der Waals surface area contributed by atoms with Gasteiger partial charge < -0.3 is 9.84 Å². The standard InChI is InChI=1S/C7H7N3O2/c1-12-5-3-2-4-6(7(5)11)9-10-8-4/h2-3,11H,1H3,(H,8,9,10). The second-order valence-electron chi connectivity index (χ2n) is 2.32. The van der Waals surface area contributed by atoms with Crippen molar-refractivity contribution in [3.8, 4) is 11.5 Å². The van der Waals surface area contributed by atoms with Gasteiger partial charge in [0.05, 0.1) is 12.6 Å². The van der Waals surface area contributed by atoms with Crippen LogP contribution in [0.4, 0.5) is 0 Å². The molecule has 5 heteroatoms. The van der Waals surface area contributed by atoms with Crippen molar-refractivity contribution >= 4 is 11.0 Å². The average molecular weight is 165 g/mol.